The molecule has 2 fully saturated rings. The third-order valence-electron chi connectivity index (χ3n) is 8.60. The Hall–Kier alpha value is -2.12. The van der Waals surface area contributed by atoms with E-state index in [9.17, 15) is 10.2 Å². The van der Waals surface area contributed by atoms with Crippen molar-refractivity contribution in [3.63, 3.8) is 0 Å². The van der Waals surface area contributed by atoms with Gasteiger partial charge in [0.2, 0.25) is 0 Å². The van der Waals surface area contributed by atoms with Crippen LogP contribution in [0.3, 0.4) is 0 Å². The summed E-state index contributed by atoms with van der Waals surface area (Å²) in [6, 6.07) is 5.33. The summed E-state index contributed by atoms with van der Waals surface area (Å²) in [6.07, 6.45) is 2.89. The highest BCUT2D eigenvalue weighted by Gasteiger charge is 2.86. The summed E-state index contributed by atoms with van der Waals surface area (Å²) < 4.78 is 0. The first kappa shape index (κ1) is 19.2. The van der Waals surface area contributed by atoms with E-state index in [1.807, 2.05) is 6.07 Å². The molecule has 1 aromatic rings. The molecule has 4 rings (SSSR count). The quantitative estimate of drug-likeness (QED) is 0.682. The van der Waals surface area contributed by atoms with E-state index in [1.54, 1.807) is 12.1 Å². The van der Waals surface area contributed by atoms with Gasteiger partial charge in [0.05, 0.1) is 18.1 Å². The Kier molecular flexibility index (Phi) is 4.07. The van der Waals surface area contributed by atoms with Crippen molar-refractivity contribution in [1.82, 2.24) is 0 Å². The second-order valence-corrected chi connectivity index (χ2v) is 9.29. The summed E-state index contributed by atoms with van der Waals surface area (Å²) >= 11 is 0. The highest BCUT2D eigenvalue weighted by atomic mass is 16.6. The monoisotopic (exact) mass is 383 g/mol. The molecular formula is C22H29N3O3+2. The van der Waals surface area contributed by atoms with Gasteiger partial charge in [0.1, 0.15) is 11.2 Å². The average molecular weight is 383 g/mol. The Balaban J connectivity index is 2.03. The number of aromatic hydroxyl groups is 1. The van der Waals surface area contributed by atoms with Crippen molar-refractivity contribution in [2.24, 2.45) is 16.7 Å². The fraction of sp³-hybridized carbons (Fsp3) is 0.636. The molecule has 148 valence electrons. The van der Waals surface area contributed by atoms with E-state index in [-0.39, 0.29) is 11.7 Å². The molecule has 2 saturated carbocycles. The molecule has 0 amide bonds. The molecular weight excluding hydrogens is 354 g/mol. The maximum absolute atomic E-state index is 10.9. The van der Waals surface area contributed by atoms with Crippen LogP contribution >= 0.6 is 0 Å². The maximum Gasteiger partial charge on any atom is 0.319 e. The SMILES string of the molecule is C#[N+][C@@]12CCC(O)[C@@]1(C)CC[C@]1([N+]#C)c3ccc(O)cc3[C@H](CON)C[C@@]21C. The minimum absolute atomic E-state index is 0.0642. The third-order valence-corrected chi connectivity index (χ3v) is 8.60. The number of fused-ring (bicyclic) bond motifs is 5. The van der Waals surface area contributed by atoms with E-state index in [0.29, 0.717) is 38.7 Å². The molecule has 28 heavy (non-hydrogen) atoms. The van der Waals surface area contributed by atoms with Gasteiger partial charge in [0.25, 0.3) is 13.1 Å². The smallest absolute Gasteiger partial charge is 0.319 e. The summed E-state index contributed by atoms with van der Waals surface area (Å²) in [7, 11) is 0. The van der Waals surface area contributed by atoms with E-state index in [2.05, 4.69) is 23.5 Å². The molecule has 1 aromatic carbocycles. The molecule has 3 aliphatic carbocycles. The normalized spacial score (nSPS) is 43.9. The summed E-state index contributed by atoms with van der Waals surface area (Å²) in [5.74, 6) is 5.58. The van der Waals surface area contributed by atoms with Crippen molar-refractivity contribution in [3.05, 3.63) is 39.0 Å². The minimum Gasteiger partial charge on any atom is -0.508 e. The minimum atomic E-state index is -0.715. The number of hydrogen-bond donors (Lipinski definition) is 3. The predicted octanol–water partition coefficient (Wildman–Crippen LogP) is 3.59. The van der Waals surface area contributed by atoms with Crippen LogP contribution in [-0.4, -0.2) is 28.5 Å². The van der Waals surface area contributed by atoms with Crippen molar-refractivity contribution in [3.8, 4) is 18.9 Å². The lowest BCUT2D eigenvalue weighted by Gasteiger charge is -2.55. The van der Waals surface area contributed by atoms with Gasteiger partial charge in [-0.15, -0.1) is 0 Å². The van der Waals surface area contributed by atoms with Gasteiger partial charge in [-0.3, -0.25) is 0 Å². The Morgan fingerprint density at radius 1 is 1.21 bits per heavy atom. The molecule has 4 N–H and O–H groups in total. The van der Waals surface area contributed by atoms with Gasteiger partial charge in [-0.2, -0.15) is 0 Å². The summed E-state index contributed by atoms with van der Waals surface area (Å²) in [4.78, 5) is 14.0. The molecule has 3 aliphatic rings. The molecule has 0 aliphatic heterocycles. The number of benzene rings is 1. The molecule has 0 aromatic heterocycles. The molecule has 0 bridgehead atoms. The Labute approximate surface area is 165 Å². The second-order valence-electron chi connectivity index (χ2n) is 9.29. The average Bonchev–Trinajstić information content (AvgIpc) is 2.95. The number of aliphatic hydroxyl groups is 1. The zero-order valence-corrected chi connectivity index (χ0v) is 16.6. The Morgan fingerprint density at radius 3 is 2.61 bits per heavy atom. The number of rotatable bonds is 2. The van der Waals surface area contributed by atoms with Crippen LogP contribution < -0.4 is 5.90 Å². The number of nitrogens with two attached hydrogens (primary N) is 1. The Bertz CT molecular complexity index is 905. The Morgan fingerprint density at radius 2 is 1.96 bits per heavy atom. The largest absolute Gasteiger partial charge is 0.508 e. The van der Waals surface area contributed by atoms with Crippen LogP contribution in [-0.2, 0) is 10.4 Å². The molecule has 0 heterocycles. The van der Waals surface area contributed by atoms with Gasteiger partial charge in [-0.1, -0.05) is 9.69 Å². The molecule has 6 nitrogen and oxygen atoms in total. The van der Waals surface area contributed by atoms with Crippen molar-refractivity contribution < 1.29 is 15.1 Å². The molecule has 0 radical (unpaired) electrons. The van der Waals surface area contributed by atoms with Crippen LogP contribution in [0.25, 0.3) is 9.69 Å². The lowest BCUT2D eigenvalue weighted by atomic mass is 9.40. The molecule has 0 spiro atoms. The topological polar surface area (TPSA) is 84.4 Å². The summed E-state index contributed by atoms with van der Waals surface area (Å²) in [5, 5.41) is 21.0. The lowest BCUT2D eigenvalue weighted by Crippen LogP contribution is -2.67. The molecule has 6 atom stereocenters. The zero-order valence-electron chi connectivity index (χ0n) is 16.6. The summed E-state index contributed by atoms with van der Waals surface area (Å²) in [6.45, 7) is 16.8. The van der Waals surface area contributed by atoms with Crippen LogP contribution in [0.15, 0.2) is 18.2 Å². The predicted molar refractivity (Wildman–Crippen MR) is 107 cm³/mol. The number of phenols is 1. The van der Waals surface area contributed by atoms with Gasteiger partial charge in [0.15, 0.2) is 0 Å². The van der Waals surface area contributed by atoms with Gasteiger partial charge in [0, 0.05) is 24.3 Å². The number of aliphatic hydroxyl groups excluding tert-OH is 1. The van der Waals surface area contributed by atoms with E-state index in [0.717, 1.165) is 11.1 Å². The third kappa shape index (κ3) is 1.91. The van der Waals surface area contributed by atoms with Gasteiger partial charge < -0.3 is 15.1 Å². The summed E-state index contributed by atoms with van der Waals surface area (Å²) in [5.41, 5.74) is -0.466. The van der Waals surface area contributed by atoms with Gasteiger partial charge in [-0.25, -0.2) is 5.90 Å². The molecule has 0 saturated heterocycles. The van der Waals surface area contributed by atoms with Crippen LogP contribution in [0.1, 0.15) is 63.0 Å². The van der Waals surface area contributed by atoms with Crippen LogP contribution in [0.4, 0.5) is 0 Å². The van der Waals surface area contributed by atoms with Gasteiger partial charge >= 0.3 is 11.1 Å². The van der Waals surface area contributed by atoms with Crippen molar-refractivity contribution in [2.45, 2.75) is 69.1 Å². The fourth-order valence-electron chi connectivity index (χ4n) is 7.10. The van der Waals surface area contributed by atoms with Gasteiger partial charge in [-0.05, 0) is 56.9 Å². The van der Waals surface area contributed by atoms with Crippen LogP contribution in [0, 0.1) is 24.0 Å². The molecule has 6 heteroatoms. The first-order valence-corrected chi connectivity index (χ1v) is 9.92. The maximum atomic E-state index is 10.9. The van der Waals surface area contributed by atoms with Crippen molar-refractivity contribution in [2.75, 3.05) is 6.61 Å². The zero-order chi connectivity index (χ0) is 20.4. The number of nitrogens with zero attached hydrogens (tertiary/aromatic N) is 2. The first-order valence-electron chi connectivity index (χ1n) is 9.92. The van der Waals surface area contributed by atoms with E-state index >= 15 is 0 Å². The van der Waals surface area contributed by atoms with Crippen molar-refractivity contribution >= 4 is 0 Å². The van der Waals surface area contributed by atoms with Crippen LogP contribution in [0.5, 0.6) is 5.75 Å². The van der Waals surface area contributed by atoms with Crippen LogP contribution in [0.2, 0.25) is 0 Å². The standard InChI is InChI=1S/C22H28N3O3/c1-19-9-10-21(24-3)17-6-5-15(26)11-16(17)14(13-28-23)12-20(21,2)22(19,25-4)8-7-18(19)27/h3-6,11,14,18,27H,7-10,12-13,23H2,1-2H3/q+1/p+1/t14-,18?,19+,20+,21-,22-/m0/s1. The first-order chi connectivity index (χ1) is 13.2. The molecule has 1 unspecified atom stereocenters. The lowest BCUT2D eigenvalue weighted by molar-refractivity contribution is -0.0975. The van der Waals surface area contributed by atoms with Crippen molar-refractivity contribution in [1.29, 1.82) is 0 Å². The number of phenolic OH excluding ortho intramolecular Hbond substituents is 1. The second kappa shape index (κ2) is 5.94. The van der Waals surface area contributed by atoms with E-state index in [4.69, 9.17) is 23.9 Å². The fourth-order valence-corrected chi connectivity index (χ4v) is 7.10. The highest BCUT2D eigenvalue weighted by Crippen LogP contribution is 2.74. The van der Waals surface area contributed by atoms with E-state index in [1.165, 1.54) is 0 Å². The highest BCUT2D eigenvalue weighted by molar-refractivity contribution is 5.52. The number of hydrogen-bond acceptors (Lipinski definition) is 4. The van der Waals surface area contributed by atoms with E-state index < -0.39 is 28.0 Å².